The van der Waals surface area contributed by atoms with E-state index in [-0.39, 0.29) is 25.7 Å². The Hall–Kier alpha value is -1.94. The van der Waals surface area contributed by atoms with Crippen LogP contribution in [0, 0.1) is 5.92 Å². The molecule has 0 rings (SSSR count). The van der Waals surface area contributed by atoms with Crippen molar-refractivity contribution in [1.29, 1.82) is 0 Å². The van der Waals surface area contributed by atoms with Gasteiger partial charge in [-0.2, -0.15) is 0 Å². The first-order chi connectivity index (χ1) is 46.5. The molecule has 0 amide bonds. The second-order valence-corrected chi connectivity index (χ2v) is 31.1. The largest absolute Gasteiger partial charge is 0.472 e. The van der Waals surface area contributed by atoms with Gasteiger partial charge in [-0.1, -0.05) is 356 Å². The molecule has 0 aliphatic heterocycles. The third kappa shape index (κ3) is 70.5. The van der Waals surface area contributed by atoms with Crippen LogP contribution in [0.4, 0.5) is 0 Å². The molecule has 0 saturated carbocycles. The van der Waals surface area contributed by atoms with E-state index in [1.54, 1.807) is 0 Å². The lowest BCUT2D eigenvalue weighted by molar-refractivity contribution is -0.161. The molecule has 0 fully saturated rings. The van der Waals surface area contributed by atoms with E-state index in [2.05, 4.69) is 34.6 Å². The van der Waals surface area contributed by atoms with Gasteiger partial charge in [-0.05, 0) is 31.6 Å². The van der Waals surface area contributed by atoms with Crippen LogP contribution in [0.2, 0.25) is 0 Å². The number of hydrogen-bond donors (Lipinski definition) is 3. The predicted octanol–water partition coefficient (Wildman–Crippen LogP) is 22.9. The van der Waals surface area contributed by atoms with Crippen molar-refractivity contribution in [2.24, 2.45) is 5.92 Å². The Morgan fingerprint density at radius 3 is 0.708 bits per heavy atom. The summed E-state index contributed by atoms with van der Waals surface area (Å²) in [5.74, 6) is -1.35. The van der Waals surface area contributed by atoms with Crippen molar-refractivity contribution in [2.75, 3.05) is 39.6 Å². The molecular weight excluding hydrogens is 1260 g/mol. The minimum atomic E-state index is -4.96. The molecule has 0 saturated heterocycles. The number of aliphatic hydroxyl groups is 1. The molecule has 0 aliphatic rings. The molecule has 3 N–H and O–H groups in total. The van der Waals surface area contributed by atoms with Crippen LogP contribution in [0.15, 0.2) is 0 Å². The zero-order chi connectivity index (χ0) is 70.5. The Bertz CT molecular complexity index is 1840. The van der Waals surface area contributed by atoms with Gasteiger partial charge in [0.25, 0.3) is 0 Å². The van der Waals surface area contributed by atoms with Crippen LogP contribution in [0.25, 0.3) is 0 Å². The molecule has 0 aromatic carbocycles. The van der Waals surface area contributed by atoms with Gasteiger partial charge in [0, 0.05) is 25.7 Å². The van der Waals surface area contributed by atoms with Crippen molar-refractivity contribution >= 4 is 39.5 Å². The number of hydrogen-bond acceptors (Lipinski definition) is 15. The summed E-state index contributed by atoms with van der Waals surface area (Å²) in [6.07, 6.45) is 59.6. The van der Waals surface area contributed by atoms with E-state index < -0.39 is 97.5 Å². The van der Waals surface area contributed by atoms with Crippen molar-refractivity contribution in [3.05, 3.63) is 0 Å². The van der Waals surface area contributed by atoms with Crippen molar-refractivity contribution in [3.8, 4) is 0 Å². The number of phosphoric acid groups is 2. The molecule has 5 atom stereocenters. The lowest BCUT2D eigenvalue weighted by atomic mass is 10.0. The van der Waals surface area contributed by atoms with Crippen LogP contribution in [0.5, 0.6) is 0 Å². The smallest absolute Gasteiger partial charge is 0.462 e. The number of rotatable bonds is 77. The third-order valence-corrected chi connectivity index (χ3v) is 19.9. The van der Waals surface area contributed by atoms with Crippen LogP contribution < -0.4 is 0 Å². The molecule has 0 bridgehead atoms. The van der Waals surface area contributed by atoms with E-state index in [0.717, 1.165) is 95.8 Å². The van der Waals surface area contributed by atoms with Crippen LogP contribution in [-0.2, 0) is 65.4 Å². The van der Waals surface area contributed by atoms with Gasteiger partial charge in [-0.15, -0.1) is 0 Å². The van der Waals surface area contributed by atoms with E-state index in [0.29, 0.717) is 25.7 Å². The quantitative estimate of drug-likeness (QED) is 0.0222. The second-order valence-electron chi connectivity index (χ2n) is 28.2. The predicted molar refractivity (Wildman–Crippen MR) is 391 cm³/mol. The fourth-order valence-electron chi connectivity index (χ4n) is 11.9. The van der Waals surface area contributed by atoms with Gasteiger partial charge in [0.2, 0.25) is 0 Å². The summed E-state index contributed by atoms with van der Waals surface area (Å²) in [6.45, 7) is 7.29. The third-order valence-electron chi connectivity index (χ3n) is 18.0. The van der Waals surface area contributed by atoms with Crippen molar-refractivity contribution in [2.45, 2.75) is 425 Å². The standard InChI is InChI=1S/C77H150O17P2/c1-6-9-12-15-18-21-24-26-27-28-29-30-31-32-34-36-43-48-53-58-63-77(82)94-73(67-88-75(80)61-56-51-46-41-38-37-39-44-49-54-59-70(4)5)69-92-96(85,86)90-65-71(78)64-89-95(83,84)91-68-72(66-87-74(79)60-55-50-45-40-23-20-17-14-11-8-3)93-76(81)62-57-52-47-42-35-33-25-22-19-16-13-10-7-2/h70-73,78H,6-69H2,1-5H3,(H,83,84)(H,85,86)/t71-,72+,73+/m0/s1. The van der Waals surface area contributed by atoms with Gasteiger partial charge in [-0.3, -0.25) is 37.3 Å². The molecule has 2 unspecified atom stereocenters. The first-order valence-electron chi connectivity index (χ1n) is 40.1. The summed E-state index contributed by atoms with van der Waals surface area (Å²) in [7, 11) is -9.91. The summed E-state index contributed by atoms with van der Waals surface area (Å²) >= 11 is 0. The number of esters is 4. The number of ether oxygens (including phenoxy) is 4. The molecule has 0 aliphatic carbocycles. The molecule has 0 radical (unpaired) electrons. The molecule has 0 aromatic rings. The lowest BCUT2D eigenvalue weighted by Gasteiger charge is -2.21. The van der Waals surface area contributed by atoms with Gasteiger partial charge < -0.3 is 33.8 Å². The van der Waals surface area contributed by atoms with Crippen LogP contribution >= 0.6 is 15.6 Å². The highest BCUT2D eigenvalue weighted by Gasteiger charge is 2.30. The normalized spacial score (nSPS) is 13.9. The maximum absolute atomic E-state index is 13.1. The summed E-state index contributed by atoms with van der Waals surface area (Å²) in [5, 5.41) is 10.6. The Morgan fingerprint density at radius 1 is 0.281 bits per heavy atom. The molecule has 0 spiro atoms. The lowest BCUT2D eigenvalue weighted by Crippen LogP contribution is -2.30. The Balaban J connectivity index is 5.21. The highest BCUT2D eigenvalue weighted by Crippen LogP contribution is 2.45. The fraction of sp³-hybridized carbons (Fsp3) is 0.948. The highest BCUT2D eigenvalue weighted by atomic mass is 31.2. The van der Waals surface area contributed by atoms with E-state index >= 15 is 0 Å². The first-order valence-corrected chi connectivity index (χ1v) is 43.1. The molecular formula is C77H150O17P2. The van der Waals surface area contributed by atoms with Crippen molar-refractivity contribution < 1.29 is 80.2 Å². The topological polar surface area (TPSA) is 237 Å². The van der Waals surface area contributed by atoms with E-state index in [1.807, 2.05) is 0 Å². The average Bonchev–Trinajstić information content (AvgIpc) is 1.40. The van der Waals surface area contributed by atoms with Gasteiger partial charge in [0.1, 0.15) is 19.3 Å². The molecule has 570 valence electrons. The van der Waals surface area contributed by atoms with Crippen LogP contribution in [0.1, 0.15) is 407 Å². The van der Waals surface area contributed by atoms with E-state index in [1.165, 1.54) is 231 Å². The van der Waals surface area contributed by atoms with E-state index in [4.69, 9.17) is 37.0 Å². The minimum Gasteiger partial charge on any atom is -0.462 e. The summed E-state index contributed by atoms with van der Waals surface area (Å²) in [6, 6.07) is 0. The maximum Gasteiger partial charge on any atom is 0.472 e. The maximum atomic E-state index is 13.1. The SMILES string of the molecule is CCCCCCCCCCCCCCCCCCCCCCC(=O)O[C@H](COC(=O)CCCCCCCCCCCCC(C)C)COP(=O)(O)OC[C@@H](O)COP(=O)(O)OC[C@@H](COC(=O)CCCCCCCCCCCC)OC(=O)CCCCCCCCCCCCCCC. The number of phosphoric ester groups is 2. The summed E-state index contributed by atoms with van der Waals surface area (Å²) in [5.41, 5.74) is 0. The van der Waals surface area contributed by atoms with Crippen LogP contribution in [-0.4, -0.2) is 96.7 Å². The minimum absolute atomic E-state index is 0.108. The zero-order valence-electron chi connectivity index (χ0n) is 62.5. The Labute approximate surface area is 588 Å². The average molecular weight is 1410 g/mol. The van der Waals surface area contributed by atoms with Gasteiger partial charge in [0.15, 0.2) is 12.2 Å². The molecule has 19 heteroatoms. The van der Waals surface area contributed by atoms with Crippen molar-refractivity contribution in [3.63, 3.8) is 0 Å². The van der Waals surface area contributed by atoms with Gasteiger partial charge in [0.05, 0.1) is 26.4 Å². The molecule has 0 heterocycles. The molecule has 96 heavy (non-hydrogen) atoms. The Kier molecular flexibility index (Phi) is 68.7. The van der Waals surface area contributed by atoms with Crippen LogP contribution in [0.3, 0.4) is 0 Å². The number of aliphatic hydroxyl groups excluding tert-OH is 1. The molecule has 0 aromatic heterocycles. The Morgan fingerprint density at radius 2 is 0.479 bits per heavy atom. The number of carbonyl (C=O) groups excluding carboxylic acids is 4. The van der Waals surface area contributed by atoms with E-state index in [9.17, 15) is 43.2 Å². The summed E-state index contributed by atoms with van der Waals surface area (Å²) in [4.78, 5) is 72.8. The molecule has 17 nitrogen and oxygen atoms in total. The first kappa shape index (κ1) is 94.1. The fourth-order valence-corrected chi connectivity index (χ4v) is 13.5. The highest BCUT2D eigenvalue weighted by molar-refractivity contribution is 7.47. The van der Waals surface area contributed by atoms with Gasteiger partial charge in [-0.25, -0.2) is 9.13 Å². The number of carbonyl (C=O) groups is 4. The number of unbranched alkanes of at least 4 members (excludes halogenated alkanes) is 49. The monoisotopic (exact) mass is 1410 g/mol. The summed E-state index contributed by atoms with van der Waals surface area (Å²) < 4.78 is 68.5. The van der Waals surface area contributed by atoms with Crippen molar-refractivity contribution in [1.82, 2.24) is 0 Å². The zero-order valence-corrected chi connectivity index (χ0v) is 64.3. The van der Waals surface area contributed by atoms with Gasteiger partial charge >= 0.3 is 39.5 Å². The second kappa shape index (κ2) is 70.1.